The first kappa shape index (κ1) is 9.00. The normalized spacial score (nSPS) is 10.1. The van der Waals surface area contributed by atoms with E-state index < -0.39 is 0 Å². The maximum atomic E-state index is 5.33. The quantitative estimate of drug-likeness (QED) is 0.805. The summed E-state index contributed by atoms with van der Waals surface area (Å²) in [4.78, 5) is 4.26. The van der Waals surface area contributed by atoms with Crippen LogP contribution < -0.4 is 4.74 Å². The molecule has 0 unspecified atom stereocenters. The molecule has 0 radical (unpaired) electrons. The molecule has 0 bridgehead atoms. The lowest BCUT2D eigenvalue weighted by atomic mass is 10.5. The highest BCUT2D eigenvalue weighted by Gasteiger charge is 2.07. The summed E-state index contributed by atoms with van der Waals surface area (Å²) in [6.07, 6.45) is 0.969. The second-order valence-corrected chi connectivity index (χ2v) is 3.77. The van der Waals surface area contributed by atoms with Crippen LogP contribution in [0.25, 0.3) is 0 Å². The Balaban J connectivity index is 2.79. The standard InChI is InChI=1S/C7H10BrNOS/c1-3-5-9-6(8)7(11-5)10-4-2/h3-4H2,1-2H3. The molecule has 0 saturated carbocycles. The van der Waals surface area contributed by atoms with Crippen molar-refractivity contribution in [2.75, 3.05) is 6.61 Å². The van der Waals surface area contributed by atoms with Crippen molar-refractivity contribution in [1.29, 1.82) is 0 Å². The van der Waals surface area contributed by atoms with Gasteiger partial charge >= 0.3 is 0 Å². The smallest absolute Gasteiger partial charge is 0.209 e. The maximum Gasteiger partial charge on any atom is 0.209 e. The minimum Gasteiger partial charge on any atom is -0.482 e. The number of thiazole rings is 1. The van der Waals surface area contributed by atoms with E-state index in [4.69, 9.17) is 4.74 Å². The first-order chi connectivity index (χ1) is 5.27. The van der Waals surface area contributed by atoms with Crippen molar-refractivity contribution in [1.82, 2.24) is 4.98 Å². The lowest BCUT2D eigenvalue weighted by Gasteiger charge is -1.95. The Bertz CT molecular complexity index is 236. The summed E-state index contributed by atoms with van der Waals surface area (Å²) in [5, 5.41) is 2.00. The average molecular weight is 236 g/mol. The Morgan fingerprint density at radius 2 is 2.27 bits per heavy atom. The number of aryl methyl sites for hydroxylation is 1. The van der Waals surface area contributed by atoms with Gasteiger partial charge in [-0.1, -0.05) is 18.3 Å². The summed E-state index contributed by atoms with van der Waals surface area (Å²) in [6.45, 7) is 4.75. The Morgan fingerprint density at radius 1 is 1.55 bits per heavy atom. The van der Waals surface area contributed by atoms with Gasteiger partial charge in [0, 0.05) is 0 Å². The number of halogens is 1. The zero-order chi connectivity index (χ0) is 8.27. The van der Waals surface area contributed by atoms with Crippen molar-refractivity contribution in [3.63, 3.8) is 0 Å². The maximum absolute atomic E-state index is 5.33. The van der Waals surface area contributed by atoms with Crippen molar-refractivity contribution >= 4 is 27.3 Å². The molecule has 0 amide bonds. The first-order valence-corrected chi connectivity index (χ1v) is 5.16. The van der Waals surface area contributed by atoms with E-state index in [1.165, 1.54) is 0 Å². The van der Waals surface area contributed by atoms with Gasteiger partial charge in [-0.15, -0.1) is 0 Å². The van der Waals surface area contributed by atoms with Gasteiger partial charge in [-0.2, -0.15) is 0 Å². The van der Waals surface area contributed by atoms with Crippen LogP contribution in [0.3, 0.4) is 0 Å². The van der Waals surface area contributed by atoms with E-state index >= 15 is 0 Å². The monoisotopic (exact) mass is 235 g/mol. The molecule has 0 aliphatic rings. The van der Waals surface area contributed by atoms with Crippen LogP contribution >= 0.6 is 27.3 Å². The van der Waals surface area contributed by atoms with Crippen molar-refractivity contribution in [3.05, 3.63) is 9.61 Å². The Hall–Kier alpha value is -0.0900. The summed E-state index contributed by atoms with van der Waals surface area (Å²) in [5.41, 5.74) is 0. The predicted molar refractivity (Wildman–Crippen MR) is 50.4 cm³/mol. The third-order valence-corrected chi connectivity index (χ3v) is 3.09. The van der Waals surface area contributed by atoms with Crippen LogP contribution in [0.1, 0.15) is 18.9 Å². The third kappa shape index (κ3) is 2.17. The van der Waals surface area contributed by atoms with Crippen molar-refractivity contribution in [3.8, 4) is 5.06 Å². The van der Waals surface area contributed by atoms with Crippen LogP contribution in [0.4, 0.5) is 0 Å². The number of nitrogens with zero attached hydrogens (tertiary/aromatic N) is 1. The molecule has 11 heavy (non-hydrogen) atoms. The minimum absolute atomic E-state index is 0.698. The van der Waals surface area contributed by atoms with E-state index in [1.807, 2.05) is 6.92 Å². The average Bonchev–Trinajstić information content (AvgIpc) is 2.33. The molecule has 1 aromatic heterocycles. The lowest BCUT2D eigenvalue weighted by molar-refractivity contribution is 0.347. The topological polar surface area (TPSA) is 22.1 Å². The minimum atomic E-state index is 0.698. The molecular formula is C7H10BrNOS. The molecule has 0 N–H and O–H groups in total. The predicted octanol–water partition coefficient (Wildman–Crippen LogP) is 2.87. The van der Waals surface area contributed by atoms with Crippen molar-refractivity contribution < 1.29 is 4.74 Å². The Morgan fingerprint density at radius 3 is 2.73 bits per heavy atom. The van der Waals surface area contributed by atoms with Crippen LogP contribution in [0.15, 0.2) is 4.60 Å². The molecule has 62 valence electrons. The lowest BCUT2D eigenvalue weighted by Crippen LogP contribution is -1.88. The second kappa shape index (κ2) is 4.07. The molecule has 0 spiro atoms. The van der Waals surface area contributed by atoms with Gasteiger partial charge in [0.05, 0.1) is 11.6 Å². The molecule has 4 heteroatoms. The van der Waals surface area contributed by atoms with Crippen LogP contribution in [0, 0.1) is 0 Å². The van der Waals surface area contributed by atoms with Gasteiger partial charge in [0.25, 0.3) is 0 Å². The van der Waals surface area contributed by atoms with Crippen LogP contribution in [-0.4, -0.2) is 11.6 Å². The van der Waals surface area contributed by atoms with Gasteiger partial charge in [0.2, 0.25) is 5.06 Å². The third-order valence-electron chi connectivity index (χ3n) is 1.18. The number of aromatic nitrogens is 1. The Labute approximate surface area is 78.7 Å². The van der Waals surface area contributed by atoms with Crippen LogP contribution in [0.2, 0.25) is 0 Å². The molecule has 1 heterocycles. The van der Waals surface area contributed by atoms with Gasteiger partial charge in [0.15, 0.2) is 4.60 Å². The molecular weight excluding hydrogens is 226 g/mol. The van der Waals surface area contributed by atoms with Gasteiger partial charge in [-0.25, -0.2) is 4.98 Å². The summed E-state index contributed by atoms with van der Waals surface area (Å²) >= 11 is 4.94. The fourth-order valence-electron chi connectivity index (χ4n) is 0.698. The van der Waals surface area contributed by atoms with Crippen molar-refractivity contribution in [2.45, 2.75) is 20.3 Å². The van der Waals surface area contributed by atoms with E-state index in [2.05, 4.69) is 27.8 Å². The van der Waals surface area contributed by atoms with Gasteiger partial charge < -0.3 is 4.74 Å². The molecule has 1 aromatic rings. The number of hydrogen-bond donors (Lipinski definition) is 0. The van der Waals surface area contributed by atoms with E-state index in [0.29, 0.717) is 6.61 Å². The molecule has 0 saturated heterocycles. The highest BCUT2D eigenvalue weighted by Crippen LogP contribution is 2.31. The van der Waals surface area contributed by atoms with E-state index in [-0.39, 0.29) is 0 Å². The number of rotatable bonds is 3. The molecule has 2 nitrogen and oxygen atoms in total. The fraction of sp³-hybridized carbons (Fsp3) is 0.571. The molecule has 0 fully saturated rings. The van der Waals surface area contributed by atoms with Gasteiger partial charge in [-0.3, -0.25) is 0 Å². The van der Waals surface area contributed by atoms with E-state index in [1.54, 1.807) is 11.3 Å². The number of hydrogen-bond acceptors (Lipinski definition) is 3. The molecule has 0 aliphatic carbocycles. The zero-order valence-corrected chi connectivity index (χ0v) is 8.96. The van der Waals surface area contributed by atoms with Crippen LogP contribution in [0.5, 0.6) is 5.06 Å². The SMILES string of the molecule is CCOc1sc(CC)nc1Br. The summed E-state index contributed by atoms with van der Waals surface area (Å²) in [6, 6.07) is 0. The van der Waals surface area contributed by atoms with Crippen LogP contribution in [-0.2, 0) is 6.42 Å². The van der Waals surface area contributed by atoms with E-state index in [0.717, 1.165) is 21.1 Å². The number of ether oxygens (including phenoxy) is 1. The van der Waals surface area contributed by atoms with Crippen molar-refractivity contribution in [2.24, 2.45) is 0 Å². The highest BCUT2D eigenvalue weighted by atomic mass is 79.9. The zero-order valence-electron chi connectivity index (χ0n) is 6.56. The summed E-state index contributed by atoms with van der Waals surface area (Å²) < 4.78 is 6.16. The second-order valence-electron chi connectivity index (χ2n) is 1.97. The summed E-state index contributed by atoms with van der Waals surface area (Å²) in [5.74, 6) is 0. The molecule has 0 aliphatic heterocycles. The van der Waals surface area contributed by atoms with E-state index in [9.17, 15) is 0 Å². The Kier molecular flexibility index (Phi) is 3.33. The van der Waals surface area contributed by atoms with Gasteiger partial charge in [0.1, 0.15) is 0 Å². The fourth-order valence-corrected chi connectivity index (χ4v) is 2.19. The largest absolute Gasteiger partial charge is 0.482 e. The molecule has 0 aromatic carbocycles. The molecule has 0 atom stereocenters. The first-order valence-electron chi connectivity index (χ1n) is 3.56. The molecule has 1 rings (SSSR count). The van der Waals surface area contributed by atoms with Gasteiger partial charge in [-0.05, 0) is 29.3 Å². The summed E-state index contributed by atoms with van der Waals surface area (Å²) in [7, 11) is 0. The highest BCUT2D eigenvalue weighted by molar-refractivity contribution is 9.10.